The van der Waals surface area contributed by atoms with Gasteiger partial charge in [-0.2, -0.15) is 0 Å². The Labute approximate surface area is 332 Å². The van der Waals surface area contributed by atoms with Crippen molar-refractivity contribution in [2.45, 2.75) is 232 Å². The second-order valence-corrected chi connectivity index (χ2v) is 16.7. The molecule has 0 saturated carbocycles. The molecule has 0 aromatic carbocycles. The summed E-state index contributed by atoms with van der Waals surface area (Å²) in [6, 6.07) is 0. The molecule has 0 aliphatic heterocycles. The lowest BCUT2D eigenvalue weighted by Crippen LogP contribution is -2.29. The van der Waals surface area contributed by atoms with Gasteiger partial charge in [0, 0.05) is 19.4 Å². The third-order valence-corrected chi connectivity index (χ3v) is 10.9. The summed E-state index contributed by atoms with van der Waals surface area (Å²) in [6.45, 7) is 3.76. The summed E-state index contributed by atoms with van der Waals surface area (Å²) >= 11 is 0. The van der Waals surface area contributed by atoms with Crippen molar-refractivity contribution in [3.63, 3.8) is 0 Å². The average Bonchev–Trinajstić information content (AvgIpc) is 3.16. The zero-order valence-corrected chi connectivity index (χ0v) is 36.1. The van der Waals surface area contributed by atoms with E-state index < -0.39 is 26.5 Å². The molecule has 0 aromatic heterocycles. The molecule has 0 fully saturated rings. The summed E-state index contributed by atoms with van der Waals surface area (Å²) < 4.78 is 32.8. The summed E-state index contributed by atoms with van der Waals surface area (Å²) in [6.07, 6.45) is 42.4. The minimum atomic E-state index is -4.37. The molecule has 0 spiro atoms. The number of ether oxygens (including phenoxy) is 2. The molecule has 0 aliphatic carbocycles. The number of rotatable bonds is 43. The highest BCUT2D eigenvalue weighted by Gasteiger charge is 2.26. The maximum atomic E-state index is 12.6. The third kappa shape index (κ3) is 40.4. The Hall–Kier alpha value is -1.25. The summed E-state index contributed by atoms with van der Waals surface area (Å²) in [4.78, 5) is 34.9. The molecule has 0 heterocycles. The minimum Gasteiger partial charge on any atom is -0.462 e. The summed E-state index contributed by atoms with van der Waals surface area (Å²) in [7, 11) is -4.37. The van der Waals surface area contributed by atoms with Crippen LogP contribution >= 0.6 is 7.82 Å². The van der Waals surface area contributed by atoms with E-state index in [1.54, 1.807) is 0 Å². The first-order chi connectivity index (χ1) is 26.3. The lowest BCUT2D eigenvalue weighted by molar-refractivity contribution is -0.161. The third-order valence-electron chi connectivity index (χ3n) is 9.90. The molecule has 0 bridgehead atoms. The van der Waals surface area contributed by atoms with Crippen molar-refractivity contribution in [3.05, 3.63) is 12.2 Å². The van der Waals surface area contributed by atoms with Gasteiger partial charge in [-0.05, 0) is 38.5 Å². The van der Waals surface area contributed by atoms with Gasteiger partial charge in [0.1, 0.15) is 6.61 Å². The van der Waals surface area contributed by atoms with Crippen molar-refractivity contribution in [3.8, 4) is 0 Å². The largest absolute Gasteiger partial charge is 0.472 e. The number of hydrogen-bond acceptors (Lipinski definition) is 8. The van der Waals surface area contributed by atoms with Crippen molar-refractivity contribution in [2.24, 2.45) is 5.73 Å². The zero-order valence-electron chi connectivity index (χ0n) is 35.2. The fourth-order valence-electron chi connectivity index (χ4n) is 6.51. The van der Waals surface area contributed by atoms with Crippen molar-refractivity contribution < 1.29 is 37.6 Å². The van der Waals surface area contributed by atoms with Gasteiger partial charge in [0.2, 0.25) is 0 Å². The first-order valence-electron chi connectivity index (χ1n) is 22.7. The molecule has 0 saturated heterocycles. The Morgan fingerprint density at radius 3 is 1.31 bits per heavy atom. The highest BCUT2D eigenvalue weighted by molar-refractivity contribution is 7.47. The summed E-state index contributed by atoms with van der Waals surface area (Å²) in [5.41, 5.74) is 5.35. The van der Waals surface area contributed by atoms with Gasteiger partial charge in [-0.3, -0.25) is 18.6 Å². The van der Waals surface area contributed by atoms with E-state index in [1.165, 1.54) is 161 Å². The number of unbranched alkanes of at least 4 members (excludes halogenated alkanes) is 28. The van der Waals surface area contributed by atoms with Gasteiger partial charge in [0.05, 0.1) is 13.2 Å². The SMILES string of the molecule is CCCCCCCC/C=C/CCCCCCCCCC(=O)OC[C@H](COP(=O)(O)OCCN)OC(=O)CCCCCCCCCCCCCCCCCC. The Bertz CT molecular complexity index is 902. The van der Waals surface area contributed by atoms with Crippen molar-refractivity contribution in [2.75, 3.05) is 26.4 Å². The van der Waals surface area contributed by atoms with Crippen LogP contribution in [0.5, 0.6) is 0 Å². The highest BCUT2D eigenvalue weighted by atomic mass is 31.2. The van der Waals surface area contributed by atoms with E-state index in [4.69, 9.17) is 24.3 Å². The molecule has 0 rings (SSSR count). The lowest BCUT2D eigenvalue weighted by Gasteiger charge is -2.19. The average molecular weight is 788 g/mol. The Balaban J connectivity index is 4.10. The first kappa shape index (κ1) is 52.8. The molecule has 54 heavy (non-hydrogen) atoms. The van der Waals surface area contributed by atoms with Crippen LogP contribution < -0.4 is 5.73 Å². The lowest BCUT2D eigenvalue weighted by atomic mass is 10.0. The van der Waals surface area contributed by atoms with Crippen LogP contribution in [0.2, 0.25) is 0 Å². The quantitative estimate of drug-likeness (QED) is 0.0268. The predicted octanol–water partition coefficient (Wildman–Crippen LogP) is 13.0. The van der Waals surface area contributed by atoms with Gasteiger partial charge in [0.25, 0.3) is 0 Å². The second kappa shape index (κ2) is 41.4. The van der Waals surface area contributed by atoms with E-state index >= 15 is 0 Å². The van der Waals surface area contributed by atoms with Crippen LogP contribution in [0.3, 0.4) is 0 Å². The smallest absolute Gasteiger partial charge is 0.462 e. The number of allylic oxidation sites excluding steroid dienone is 2. The van der Waals surface area contributed by atoms with E-state index in [2.05, 4.69) is 26.0 Å². The molecule has 9 nitrogen and oxygen atoms in total. The molecule has 1 unspecified atom stereocenters. The molecule has 2 atom stereocenters. The van der Waals surface area contributed by atoms with Crippen LogP contribution in [0.4, 0.5) is 0 Å². The minimum absolute atomic E-state index is 0.0558. The van der Waals surface area contributed by atoms with Gasteiger partial charge in [-0.15, -0.1) is 0 Å². The number of carbonyl (C=O) groups excluding carboxylic acids is 2. The standard InChI is InChI=1S/C44H86NO8P/c1-3-5-7-9-11-13-15-17-19-21-23-24-26-28-30-32-34-36-43(46)50-40-42(41-52-54(48,49)51-39-38-45)53-44(47)37-35-33-31-29-27-25-22-20-18-16-14-12-10-8-6-4-2/h17,19,42H,3-16,18,20-41,45H2,1-2H3,(H,48,49)/b19-17+/t42-/m1/s1. The van der Waals surface area contributed by atoms with E-state index in [9.17, 15) is 19.0 Å². The van der Waals surface area contributed by atoms with Crippen LogP contribution in [0.1, 0.15) is 226 Å². The molecule has 10 heteroatoms. The maximum absolute atomic E-state index is 12.6. The monoisotopic (exact) mass is 788 g/mol. The molecular formula is C44H86NO8P. The predicted molar refractivity (Wildman–Crippen MR) is 224 cm³/mol. The first-order valence-corrected chi connectivity index (χ1v) is 24.2. The molecule has 0 aliphatic rings. The van der Waals surface area contributed by atoms with Crippen LogP contribution in [0.15, 0.2) is 12.2 Å². The van der Waals surface area contributed by atoms with Crippen molar-refractivity contribution in [1.29, 1.82) is 0 Å². The van der Waals surface area contributed by atoms with Crippen LogP contribution in [-0.2, 0) is 32.7 Å². The number of phosphoric ester groups is 1. The maximum Gasteiger partial charge on any atom is 0.472 e. The van der Waals surface area contributed by atoms with Gasteiger partial charge in [-0.1, -0.05) is 187 Å². The number of nitrogens with two attached hydrogens (primary N) is 1. The van der Waals surface area contributed by atoms with Crippen molar-refractivity contribution >= 4 is 19.8 Å². The highest BCUT2D eigenvalue weighted by Crippen LogP contribution is 2.43. The number of hydrogen-bond donors (Lipinski definition) is 2. The van der Waals surface area contributed by atoms with E-state index in [1.807, 2.05) is 0 Å². The van der Waals surface area contributed by atoms with Crippen LogP contribution in [0, 0.1) is 0 Å². The normalized spacial score (nSPS) is 13.3. The van der Waals surface area contributed by atoms with E-state index in [0.29, 0.717) is 6.42 Å². The van der Waals surface area contributed by atoms with Crippen LogP contribution in [-0.4, -0.2) is 49.3 Å². The summed E-state index contributed by atoms with van der Waals surface area (Å²) in [5, 5.41) is 0. The second-order valence-electron chi connectivity index (χ2n) is 15.3. The number of carbonyl (C=O) groups is 2. The Morgan fingerprint density at radius 1 is 0.537 bits per heavy atom. The fourth-order valence-corrected chi connectivity index (χ4v) is 7.28. The van der Waals surface area contributed by atoms with Crippen LogP contribution in [0.25, 0.3) is 0 Å². The zero-order chi connectivity index (χ0) is 39.6. The molecule has 0 amide bonds. The van der Waals surface area contributed by atoms with Gasteiger partial charge < -0.3 is 20.1 Å². The Kier molecular flexibility index (Phi) is 40.4. The van der Waals surface area contributed by atoms with Gasteiger partial charge >= 0.3 is 19.8 Å². The van der Waals surface area contributed by atoms with E-state index in [-0.39, 0.29) is 38.6 Å². The fraction of sp³-hybridized carbons (Fsp3) is 0.909. The molecule has 3 N–H and O–H groups in total. The van der Waals surface area contributed by atoms with E-state index in [0.717, 1.165) is 32.1 Å². The topological polar surface area (TPSA) is 134 Å². The molecule has 320 valence electrons. The van der Waals surface area contributed by atoms with Gasteiger partial charge in [-0.25, -0.2) is 4.57 Å². The Morgan fingerprint density at radius 2 is 0.907 bits per heavy atom. The molecule has 0 radical (unpaired) electrons. The molecular weight excluding hydrogens is 701 g/mol. The molecule has 0 aromatic rings. The number of phosphoric acid groups is 1. The van der Waals surface area contributed by atoms with Crippen molar-refractivity contribution in [1.82, 2.24) is 0 Å². The van der Waals surface area contributed by atoms with Gasteiger partial charge in [0.15, 0.2) is 6.10 Å². The summed E-state index contributed by atoms with van der Waals surface area (Å²) in [5.74, 6) is -0.821. The number of esters is 2.